The second-order valence-corrected chi connectivity index (χ2v) is 4.11. The predicted molar refractivity (Wildman–Crippen MR) is 71.6 cm³/mol. The van der Waals surface area contributed by atoms with Crippen molar-refractivity contribution in [1.82, 2.24) is 5.32 Å². The molecule has 88 valence electrons. The molecular weight excluding hydrogens is 208 g/mol. The average molecular weight is 226 g/mol. The summed E-state index contributed by atoms with van der Waals surface area (Å²) in [5, 5.41) is 3.29. The van der Waals surface area contributed by atoms with Crippen LogP contribution >= 0.6 is 0 Å². The minimum Gasteiger partial charge on any atom is -0.322 e. The molecule has 2 heteroatoms. The van der Waals surface area contributed by atoms with Gasteiger partial charge in [-0.15, -0.1) is 0 Å². The molecule has 0 fully saturated rings. The van der Waals surface area contributed by atoms with Crippen LogP contribution in [0.2, 0.25) is 0 Å². The highest BCUT2D eigenvalue weighted by Crippen LogP contribution is 2.25. The van der Waals surface area contributed by atoms with Gasteiger partial charge >= 0.3 is 0 Å². The van der Waals surface area contributed by atoms with Gasteiger partial charge in [0, 0.05) is 6.04 Å². The fourth-order valence-electron chi connectivity index (χ4n) is 2.08. The molecule has 0 unspecified atom stereocenters. The van der Waals surface area contributed by atoms with Crippen molar-refractivity contribution >= 4 is 0 Å². The third-order valence-electron chi connectivity index (χ3n) is 3.01. The van der Waals surface area contributed by atoms with Crippen LogP contribution in [-0.2, 0) is 0 Å². The highest BCUT2D eigenvalue weighted by Gasteiger charge is 2.18. The third kappa shape index (κ3) is 2.73. The topological polar surface area (TPSA) is 38.0 Å². The quantitative estimate of drug-likeness (QED) is 0.841. The van der Waals surface area contributed by atoms with E-state index in [1.165, 1.54) is 5.56 Å². The fourth-order valence-corrected chi connectivity index (χ4v) is 2.08. The minimum absolute atomic E-state index is 0.0383. The zero-order valence-corrected chi connectivity index (χ0v) is 10.0. The molecule has 2 atom stereocenters. The summed E-state index contributed by atoms with van der Waals surface area (Å²) in [7, 11) is 1.94. The highest BCUT2D eigenvalue weighted by atomic mass is 14.9. The maximum atomic E-state index is 6.32. The van der Waals surface area contributed by atoms with Gasteiger partial charge in [0.1, 0.15) is 0 Å². The summed E-state index contributed by atoms with van der Waals surface area (Å²) in [4.78, 5) is 0. The summed E-state index contributed by atoms with van der Waals surface area (Å²) < 4.78 is 0. The van der Waals surface area contributed by atoms with Gasteiger partial charge < -0.3 is 11.1 Å². The van der Waals surface area contributed by atoms with E-state index in [9.17, 15) is 0 Å². The minimum atomic E-state index is -0.0383. The van der Waals surface area contributed by atoms with Crippen molar-refractivity contribution in [2.75, 3.05) is 7.05 Å². The normalized spacial score (nSPS) is 14.2. The number of hydrogen-bond acceptors (Lipinski definition) is 2. The van der Waals surface area contributed by atoms with E-state index in [1.807, 2.05) is 43.4 Å². The number of likely N-dealkylation sites (N-methyl/N-ethyl adjacent to an activating group) is 1. The molecule has 0 saturated carbocycles. The van der Waals surface area contributed by atoms with Crippen LogP contribution in [0.3, 0.4) is 0 Å². The Balaban J connectivity index is 2.25. The molecule has 2 nitrogen and oxygen atoms in total. The molecule has 3 N–H and O–H groups in total. The number of benzene rings is 2. The molecule has 2 rings (SSSR count). The van der Waals surface area contributed by atoms with Gasteiger partial charge in [0.05, 0.1) is 6.04 Å². The Kier molecular flexibility index (Phi) is 3.91. The van der Waals surface area contributed by atoms with Crippen molar-refractivity contribution in [3.8, 4) is 0 Å². The lowest BCUT2D eigenvalue weighted by atomic mass is 9.94. The van der Waals surface area contributed by atoms with Crippen LogP contribution in [0, 0.1) is 0 Å². The monoisotopic (exact) mass is 226 g/mol. The first kappa shape index (κ1) is 11.8. The zero-order valence-electron chi connectivity index (χ0n) is 10.0. The summed E-state index contributed by atoms with van der Waals surface area (Å²) in [6, 6.07) is 20.6. The molecule has 2 aromatic carbocycles. The van der Waals surface area contributed by atoms with Crippen LogP contribution in [0.15, 0.2) is 60.7 Å². The molecule has 0 radical (unpaired) electrons. The fraction of sp³-hybridized carbons (Fsp3) is 0.200. The third-order valence-corrected chi connectivity index (χ3v) is 3.01. The Labute approximate surface area is 102 Å². The van der Waals surface area contributed by atoms with E-state index in [1.54, 1.807) is 0 Å². The van der Waals surface area contributed by atoms with Gasteiger partial charge in [-0.25, -0.2) is 0 Å². The van der Waals surface area contributed by atoms with Gasteiger partial charge in [0.15, 0.2) is 0 Å². The predicted octanol–water partition coefficient (Wildman–Crippen LogP) is 2.65. The smallest absolute Gasteiger partial charge is 0.0513 e. The SMILES string of the molecule is CN[C@@H](c1ccccc1)[C@@H](N)c1ccccc1. The summed E-state index contributed by atoms with van der Waals surface area (Å²) in [6.45, 7) is 0. The molecule has 0 aliphatic carbocycles. The first-order valence-corrected chi connectivity index (χ1v) is 5.85. The van der Waals surface area contributed by atoms with Gasteiger partial charge in [-0.1, -0.05) is 60.7 Å². The van der Waals surface area contributed by atoms with Gasteiger partial charge in [-0.3, -0.25) is 0 Å². The van der Waals surface area contributed by atoms with E-state index in [0.29, 0.717) is 0 Å². The molecule has 0 aromatic heterocycles. The molecular formula is C15H18N2. The molecule has 0 saturated heterocycles. The second kappa shape index (κ2) is 5.62. The van der Waals surface area contributed by atoms with Gasteiger partial charge in [0.2, 0.25) is 0 Å². The van der Waals surface area contributed by atoms with E-state index >= 15 is 0 Å². The molecule has 2 aromatic rings. The van der Waals surface area contributed by atoms with Crippen molar-refractivity contribution in [3.05, 3.63) is 71.8 Å². The van der Waals surface area contributed by atoms with Crippen LogP contribution in [0.5, 0.6) is 0 Å². The molecule has 0 amide bonds. The first-order chi connectivity index (χ1) is 8.33. The molecule has 0 aliphatic heterocycles. The number of rotatable bonds is 4. The summed E-state index contributed by atoms with van der Waals surface area (Å²) >= 11 is 0. The molecule has 0 spiro atoms. The summed E-state index contributed by atoms with van der Waals surface area (Å²) in [5.74, 6) is 0. The highest BCUT2D eigenvalue weighted by molar-refractivity contribution is 5.27. The van der Waals surface area contributed by atoms with Gasteiger partial charge in [-0.2, -0.15) is 0 Å². The Bertz CT molecular complexity index is 439. The van der Waals surface area contributed by atoms with Crippen molar-refractivity contribution in [2.45, 2.75) is 12.1 Å². The van der Waals surface area contributed by atoms with Crippen LogP contribution in [-0.4, -0.2) is 7.05 Å². The standard InChI is InChI=1S/C15H18N2/c1-17-15(13-10-6-3-7-11-13)14(16)12-8-4-2-5-9-12/h2-11,14-15,17H,16H2,1H3/t14-,15-/m0/s1. The lowest BCUT2D eigenvalue weighted by molar-refractivity contribution is 0.491. The number of nitrogens with two attached hydrogens (primary N) is 1. The van der Waals surface area contributed by atoms with Crippen molar-refractivity contribution in [2.24, 2.45) is 5.73 Å². The van der Waals surface area contributed by atoms with Crippen LogP contribution in [0.1, 0.15) is 23.2 Å². The van der Waals surface area contributed by atoms with Crippen molar-refractivity contribution in [3.63, 3.8) is 0 Å². The van der Waals surface area contributed by atoms with Crippen molar-refractivity contribution < 1.29 is 0 Å². The van der Waals surface area contributed by atoms with E-state index in [4.69, 9.17) is 5.73 Å². The Morgan fingerprint density at radius 1 is 0.824 bits per heavy atom. The van der Waals surface area contributed by atoms with E-state index in [-0.39, 0.29) is 12.1 Å². The average Bonchev–Trinajstić information content (AvgIpc) is 2.42. The van der Waals surface area contributed by atoms with E-state index < -0.39 is 0 Å². The molecule has 0 heterocycles. The van der Waals surface area contributed by atoms with Gasteiger partial charge in [0.25, 0.3) is 0 Å². The van der Waals surface area contributed by atoms with Crippen molar-refractivity contribution in [1.29, 1.82) is 0 Å². The number of hydrogen-bond donors (Lipinski definition) is 2. The largest absolute Gasteiger partial charge is 0.322 e. The lowest BCUT2D eigenvalue weighted by Gasteiger charge is -2.24. The Hall–Kier alpha value is -1.64. The van der Waals surface area contributed by atoms with E-state index in [0.717, 1.165) is 5.56 Å². The Morgan fingerprint density at radius 2 is 1.29 bits per heavy atom. The van der Waals surface area contributed by atoms with Crippen LogP contribution < -0.4 is 11.1 Å². The van der Waals surface area contributed by atoms with Crippen LogP contribution in [0.4, 0.5) is 0 Å². The summed E-state index contributed by atoms with van der Waals surface area (Å²) in [5.41, 5.74) is 8.68. The maximum Gasteiger partial charge on any atom is 0.0513 e. The zero-order chi connectivity index (χ0) is 12.1. The molecule has 17 heavy (non-hydrogen) atoms. The summed E-state index contributed by atoms with van der Waals surface area (Å²) in [6.07, 6.45) is 0. The molecule has 0 aliphatic rings. The number of nitrogens with one attached hydrogen (secondary N) is 1. The Morgan fingerprint density at radius 3 is 1.76 bits per heavy atom. The van der Waals surface area contributed by atoms with E-state index in [2.05, 4.69) is 29.6 Å². The lowest BCUT2D eigenvalue weighted by Crippen LogP contribution is -2.29. The van der Waals surface area contributed by atoms with Crippen LogP contribution in [0.25, 0.3) is 0 Å². The molecule has 0 bridgehead atoms. The first-order valence-electron chi connectivity index (χ1n) is 5.85. The van der Waals surface area contributed by atoms with Gasteiger partial charge in [-0.05, 0) is 18.2 Å². The second-order valence-electron chi connectivity index (χ2n) is 4.11. The maximum absolute atomic E-state index is 6.32.